The van der Waals surface area contributed by atoms with E-state index >= 15 is 0 Å². The molecule has 0 N–H and O–H groups in total. The second kappa shape index (κ2) is 4.13. The maximum atomic E-state index is 10.5. The van der Waals surface area contributed by atoms with Crippen molar-refractivity contribution < 1.29 is 9.72 Å². The molecule has 0 amide bonds. The van der Waals surface area contributed by atoms with Crippen LogP contribution < -0.4 is 0 Å². The van der Waals surface area contributed by atoms with Crippen LogP contribution in [0.3, 0.4) is 0 Å². The summed E-state index contributed by atoms with van der Waals surface area (Å²) < 4.78 is 0.731. The minimum absolute atomic E-state index is 0.326. The molecule has 0 bridgehead atoms. The summed E-state index contributed by atoms with van der Waals surface area (Å²) in [5.74, 6) is 0. The van der Waals surface area contributed by atoms with E-state index in [9.17, 15) is 14.9 Å². The smallest absolute Gasteiger partial charge is 0.229 e. The van der Waals surface area contributed by atoms with Crippen LogP contribution in [0.25, 0.3) is 0 Å². The van der Waals surface area contributed by atoms with Crippen LogP contribution in [0.15, 0.2) is 22.7 Å². The van der Waals surface area contributed by atoms with E-state index in [-0.39, 0.29) is 6.54 Å². The van der Waals surface area contributed by atoms with Crippen LogP contribution in [0.2, 0.25) is 0 Å². The third kappa shape index (κ3) is 2.62. The fourth-order valence-corrected chi connectivity index (χ4v) is 1.37. The molecular weight excluding hydrogens is 238 g/mol. The Kier molecular flexibility index (Phi) is 3.13. The molecule has 0 aliphatic heterocycles. The van der Waals surface area contributed by atoms with Crippen molar-refractivity contribution >= 4 is 22.2 Å². The number of hydrogen-bond donors (Lipinski definition) is 0. The predicted octanol–water partition coefficient (Wildman–Crippen LogP) is 2.04. The Bertz CT molecular complexity index is 351. The van der Waals surface area contributed by atoms with E-state index in [1.807, 2.05) is 0 Å². The third-order valence-corrected chi connectivity index (χ3v) is 2.02. The van der Waals surface area contributed by atoms with Gasteiger partial charge in [0.05, 0.1) is 0 Å². The lowest BCUT2D eigenvalue weighted by molar-refractivity contribution is -0.496. The number of hydrogen-bond acceptors (Lipinski definition) is 3. The summed E-state index contributed by atoms with van der Waals surface area (Å²) in [4.78, 5) is 20.2. The van der Waals surface area contributed by atoms with Crippen molar-refractivity contribution in [2.24, 2.45) is 0 Å². The summed E-state index contributed by atoms with van der Waals surface area (Å²) in [6, 6.07) is 4.80. The molecule has 0 heterocycles. The highest BCUT2D eigenvalue weighted by atomic mass is 79.9. The lowest BCUT2D eigenvalue weighted by Crippen LogP contribution is -2.01. The number of nitro groups is 1. The Hall–Kier alpha value is -1.23. The molecule has 1 aromatic rings. The molecule has 0 saturated heterocycles. The maximum Gasteiger partial charge on any atom is 0.229 e. The summed E-state index contributed by atoms with van der Waals surface area (Å²) >= 11 is 3.18. The van der Waals surface area contributed by atoms with Crippen LogP contribution in [-0.2, 0) is 6.54 Å². The zero-order chi connectivity index (χ0) is 9.84. The number of carbonyl (C=O) groups is 1. The molecular formula is C8H6BrNO3. The molecule has 0 aromatic heterocycles. The van der Waals surface area contributed by atoms with E-state index < -0.39 is 4.92 Å². The molecule has 0 unspecified atom stereocenters. The molecule has 1 aromatic carbocycles. The molecule has 68 valence electrons. The van der Waals surface area contributed by atoms with E-state index in [0.717, 1.165) is 4.47 Å². The standard InChI is InChI=1S/C8H6BrNO3/c9-8-2-1-6(5-11)7(3-8)4-10(12)13/h1-3,5H,4H2. The molecule has 0 spiro atoms. The highest BCUT2D eigenvalue weighted by Gasteiger charge is 2.07. The van der Waals surface area contributed by atoms with E-state index in [0.29, 0.717) is 17.4 Å². The third-order valence-electron chi connectivity index (χ3n) is 1.53. The first-order chi connectivity index (χ1) is 6.13. The van der Waals surface area contributed by atoms with E-state index in [1.54, 1.807) is 18.2 Å². The number of nitrogens with zero attached hydrogens (tertiary/aromatic N) is 1. The molecule has 1 rings (SSSR count). The number of benzene rings is 1. The quantitative estimate of drug-likeness (QED) is 0.464. The second-order valence-electron chi connectivity index (χ2n) is 2.45. The van der Waals surface area contributed by atoms with Gasteiger partial charge in [-0.3, -0.25) is 14.9 Å². The number of rotatable bonds is 3. The average Bonchev–Trinajstić information content (AvgIpc) is 2.03. The summed E-state index contributed by atoms with van der Waals surface area (Å²) in [6.45, 7) is -0.326. The average molecular weight is 244 g/mol. The SMILES string of the molecule is O=Cc1ccc(Br)cc1C[N+](=O)[O-]. The zero-order valence-corrected chi connectivity index (χ0v) is 8.15. The molecule has 0 aliphatic rings. The van der Waals surface area contributed by atoms with Gasteiger partial charge in [-0.25, -0.2) is 0 Å². The summed E-state index contributed by atoms with van der Waals surface area (Å²) in [7, 11) is 0. The topological polar surface area (TPSA) is 60.2 Å². The highest BCUT2D eigenvalue weighted by molar-refractivity contribution is 9.10. The fourth-order valence-electron chi connectivity index (χ4n) is 0.965. The summed E-state index contributed by atoms with van der Waals surface area (Å²) in [5.41, 5.74) is 0.786. The number of halogens is 1. The van der Waals surface area contributed by atoms with Gasteiger partial charge in [0.25, 0.3) is 0 Å². The molecule has 0 atom stereocenters. The van der Waals surface area contributed by atoms with Gasteiger partial charge in [-0.2, -0.15) is 0 Å². The van der Waals surface area contributed by atoms with Gasteiger partial charge in [0, 0.05) is 20.5 Å². The predicted molar refractivity (Wildman–Crippen MR) is 50.2 cm³/mol. The van der Waals surface area contributed by atoms with Gasteiger partial charge in [-0.1, -0.05) is 22.0 Å². The van der Waals surface area contributed by atoms with Gasteiger partial charge in [0.1, 0.15) is 0 Å². The lowest BCUT2D eigenvalue weighted by Gasteiger charge is -1.99. The van der Waals surface area contributed by atoms with Gasteiger partial charge in [0.15, 0.2) is 6.29 Å². The van der Waals surface area contributed by atoms with E-state index in [2.05, 4.69) is 15.9 Å². The normalized spacial score (nSPS) is 9.62. The second-order valence-corrected chi connectivity index (χ2v) is 3.37. The monoisotopic (exact) mass is 243 g/mol. The Labute approximate surface area is 82.8 Å². The van der Waals surface area contributed by atoms with E-state index in [4.69, 9.17) is 0 Å². The minimum atomic E-state index is -0.464. The summed E-state index contributed by atoms with van der Waals surface area (Å²) in [5, 5.41) is 10.2. The molecule has 5 heteroatoms. The van der Waals surface area contributed by atoms with Crippen molar-refractivity contribution in [1.29, 1.82) is 0 Å². The molecule has 13 heavy (non-hydrogen) atoms. The maximum absolute atomic E-state index is 10.5. The van der Waals surface area contributed by atoms with Gasteiger partial charge < -0.3 is 0 Å². The van der Waals surface area contributed by atoms with Crippen molar-refractivity contribution in [2.45, 2.75) is 6.54 Å². The Morgan fingerprint density at radius 1 is 1.54 bits per heavy atom. The van der Waals surface area contributed by atoms with Crippen molar-refractivity contribution in [3.63, 3.8) is 0 Å². The lowest BCUT2D eigenvalue weighted by atomic mass is 10.1. The molecule has 0 fully saturated rings. The molecule has 4 nitrogen and oxygen atoms in total. The number of aldehydes is 1. The molecule has 0 radical (unpaired) electrons. The van der Waals surface area contributed by atoms with Gasteiger partial charge in [-0.15, -0.1) is 0 Å². The Morgan fingerprint density at radius 3 is 2.77 bits per heavy atom. The zero-order valence-electron chi connectivity index (χ0n) is 6.57. The van der Waals surface area contributed by atoms with Gasteiger partial charge in [0.2, 0.25) is 6.54 Å². The first kappa shape index (κ1) is 9.85. The van der Waals surface area contributed by atoms with Crippen molar-refractivity contribution in [1.82, 2.24) is 0 Å². The Balaban J connectivity index is 3.07. The summed E-state index contributed by atoms with van der Waals surface area (Å²) in [6.07, 6.45) is 0.616. The van der Waals surface area contributed by atoms with Crippen molar-refractivity contribution in [3.05, 3.63) is 43.9 Å². The van der Waals surface area contributed by atoms with Crippen LogP contribution in [0, 0.1) is 10.1 Å². The first-order valence-electron chi connectivity index (χ1n) is 3.49. The highest BCUT2D eigenvalue weighted by Crippen LogP contribution is 2.15. The molecule has 0 aliphatic carbocycles. The van der Waals surface area contributed by atoms with Crippen LogP contribution in [0.1, 0.15) is 15.9 Å². The molecule has 0 saturated carbocycles. The van der Waals surface area contributed by atoms with Gasteiger partial charge >= 0.3 is 0 Å². The van der Waals surface area contributed by atoms with Gasteiger partial charge in [-0.05, 0) is 12.1 Å². The minimum Gasteiger partial charge on any atom is -0.298 e. The van der Waals surface area contributed by atoms with Crippen LogP contribution >= 0.6 is 15.9 Å². The van der Waals surface area contributed by atoms with Crippen molar-refractivity contribution in [3.8, 4) is 0 Å². The van der Waals surface area contributed by atoms with Crippen molar-refractivity contribution in [2.75, 3.05) is 0 Å². The van der Waals surface area contributed by atoms with Crippen LogP contribution in [0.4, 0.5) is 0 Å². The van der Waals surface area contributed by atoms with Crippen LogP contribution in [-0.4, -0.2) is 11.2 Å². The number of carbonyl (C=O) groups excluding carboxylic acids is 1. The van der Waals surface area contributed by atoms with Crippen LogP contribution in [0.5, 0.6) is 0 Å². The Morgan fingerprint density at radius 2 is 2.23 bits per heavy atom. The fraction of sp³-hybridized carbons (Fsp3) is 0.125. The van der Waals surface area contributed by atoms with E-state index in [1.165, 1.54) is 0 Å². The first-order valence-corrected chi connectivity index (χ1v) is 4.28. The largest absolute Gasteiger partial charge is 0.298 e.